The molecule has 0 radical (unpaired) electrons. The molecule has 0 aromatic heterocycles. The Labute approximate surface area is 149 Å². The van der Waals surface area contributed by atoms with Crippen LogP contribution in [0.1, 0.15) is 5.56 Å². The lowest BCUT2D eigenvalue weighted by molar-refractivity contribution is -0.383. The van der Waals surface area contributed by atoms with Crippen LogP contribution >= 0.6 is 23.8 Å². The lowest BCUT2D eigenvalue weighted by Crippen LogP contribution is -2.24. The van der Waals surface area contributed by atoms with Gasteiger partial charge in [-0.3, -0.25) is 15.5 Å². The van der Waals surface area contributed by atoms with Crippen molar-refractivity contribution in [2.75, 3.05) is 5.32 Å². The molecule has 2 aromatic carbocycles. The summed E-state index contributed by atoms with van der Waals surface area (Å²) in [6.45, 7) is 0. The number of benzene rings is 2. The predicted molar refractivity (Wildman–Crippen MR) is 101 cm³/mol. The van der Waals surface area contributed by atoms with Crippen molar-refractivity contribution in [1.82, 2.24) is 5.43 Å². The van der Waals surface area contributed by atoms with Crippen LogP contribution in [0.2, 0.25) is 0 Å². The number of hydrogen-bond donors (Lipinski definition) is 2. The third-order valence-electron chi connectivity index (χ3n) is 2.81. The van der Waals surface area contributed by atoms with Crippen LogP contribution in [0, 0.1) is 10.1 Å². The number of nitro benzene ring substituents is 1. The molecule has 0 saturated heterocycles. The number of hydrazone groups is 1. The van der Waals surface area contributed by atoms with Crippen molar-refractivity contribution in [1.29, 1.82) is 0 Å². The zero-order valence-electron chi connectivity index (χ0n) is 12.3. The highest BCUT2D eigenvalue weighted by molar-refractivity contribution is 7.80. The molecule has 2 aromatic rings. The van der Waals surface area contributed by atoms with Gasteiger partial charge in [-0.15, -0.1) is 0 Å². The van der Waals surface area contributed by atoms with Gasteiger partial charge in [0.1, 0.15) is 5.69 Å². The van der Waals surface area contributed by atoms with E-state index in [9.17, 15) is 10.1 Å². The molecule has 0 bridgehead atoms. The van der Waals surface area contributed by atoms with Gasteiger partial charge in [-0.2, -0.15) is 5.10 Å². The number of rotatable bonds is 5. The first-order valence-corrected chi connectivity index (χ1v) is 7.60. The fourth-order valence-electron chi connectivity index (χ4n) is 1.79. The molecule has 0 atom stereocenters. The Morgan fingerprint density at radius 3 is 2.54 bits per heavy atom. The highest BCUT2D eigenvalue weighted by Crippen LogP contribution is 2.22. The molecule has 122 valence electrons. The molecule has 0 spiro atoms. The van der Waals surface area contributed by atoms with Crippen molar-refractivity contribution in [2.24, 2.45) is 5.10 Å². The molecular weight excluding hydrogens is 348 g/mol. The number of thiocarbonyl (C=S) groups is 1. The Kier molecular flexibility index (Phi) is 6.41. The van der Waals surface area contributed by atoms with Crippen LogP contribution in [0.3, 0.4) is 0 Å². The molecule has 2 rings (SSSR count). The topological polar surface area (TPSA) is 79.6 Å². The molecule has 0 unspecified atom stereocenters. The number of halogens is 1. The van der Waals surface area contributed by atoms with Gasteiger partial charge in [-0.1, -0.05) is 54.1 Å². The Morgan fingerprint density at radius 2 is 1.83 bits per heavy atom. The minimum absolute atomic E-state index is 0.0763. The summed E-state index contributed by atoms with van der Waals surface area (Å²) < 4.78 is 0. The molecule has 2 N–H and O–H groups in total. The largest absolute Gasteiger partial charge is 0.326 e. The van der Waals surface area contributed by atoms with Crippen molar-refractivity contribution in [2.45, 2.75) is 0 Å². The Bertz CT molecular complexity index is 794. The van der Waals surface area contributed by atoms with Crippen molar-refractivity contribution in [3.05, 3.63) is 75.3 Å². The van der Waals surface area contributed by atoms with Crippen LogP contribution in [0.5, 0.6) is 0 Å². The van der Waals surface area contributed by atoms with Gasteiger partial charge in [-0.05, 0) is 29.9 Å². The lowest BCUT2D eigenvalue weighted by atomic mass is 10.2. The van der Waals surface area contributed by atoms with Gasteiger partial charge in [-0.25, -0.2) is 0 Å². The second kappa shape index (κ2) is 8.76. The van der Waals surface area contributed by atoms with Crippen LogP contribution in [0.15, 0.2) is 64.7 Å². The van der Waals surface area contributed by atoms with Gasteiger partial charge >= 0.3 is 0 Å². The first-order chi connectivity index (χ1) is 11.6. The van der Waals surface area contributed by atoms with E-state index < -0.39 is 4.92 Å². The number of allylic oxidation sites excluding steroid dienone is 1. The summed E-state index contributed by atoms with van der Waals surface area (Å²) in [5.74, 6) is 0. The molecule has 0 aliphatic rings. The Balaban J connectivity index is 1.94. The van der Waals surface area contributed by atoms with Gasteiger partial charge in [0.15, 0.2) is 5.11 Å². The maximum absolute atomic E-state index is 10.9. The zero-order valence-corrected chi connectivity index (χ0v) is 13.9. The van der Waals surface area contributed by atoms with E-state index in [0.717, 1.165) is 5.56 Å². The van der Waals surface area contributed by atoms with Crippen molar-refractivity contribution in [3.8, 4) is 0 Å². The van der Waals surface area contributed by atoms with E-state index in [1.165, 1.54) is 12.3 Å². The molecule has 0 fully saturated rings. The number of nitrogens with one attached hydrogen (secondary N) is 2. The summed E-state index contributed by atoms with van der Waals surface area (Å²) in [4.78, 5) is 10.4. The Hall–Kier alpha value is -2.77. The van der Waals surface area contributed by atoms with E-state index in [0.29, 0.717) is 5.03 Å². The van der Waals surface area contributed by atoms with Crippen molar-refractivity contribution >= 4 is 52.6 Å². The lowest BCUT2D eigenvalue weighted by Gasteiger charge is -2.07. The molecular formula is C16H13ClN4O2S. The minimum atomic E-state index is -0.492. The molecule has 24 heavy (non-hydrogen) atoms. The summed E-state index contributed by atoms with van der Waals surface area (Å²) in [5, 5.41) is 18.1. The van der Waals surface area contributed by atoms with Crippen LogP contribution in [-0.2, 0) is 0 Å². The number of anilines is 1. The third-order valence-corrected chi connectivity index (χ3v) is 3.21. The molecule has 8 heteroatoms. The SMILES string of the molecule is O=[N+]([O-])c1ccccc1NC(=S)N/N=C/C(Cl)=C/c1ccccc1. The molecule has 0 aliphatic carbocycles. The van der Waals surface area contributed by atoms with Crippen LogP contribution in [0.4, 0.5) is 11.4 Å². The van der Waals surface area contributed by atoms with E-state index in [1.54, 1.807) is 24.3 Å². The highest BCUT2D eigenvalue weighted by atomic mass is 35.5. The van der Waals surface area contributed by atoms with E-state index >= 15 is 0 Å². The van der Waals surface area contributed by atoms with Crippen molar-refractivity contribution in [3.63, 3.8) is 0 Å². The van der Waals surface area contributed by atoms with Crippen LogP contribution in [-0.4, -0.2) is 16.3 Å². The fourth-order valence-corrected chi connectivity index (χ4v) is 2.12. The smallest absolute Gasteiger partial charge is 0.292 e. The van der Waals surface area contributed by atoms with Crippen molar-refractivity contribution < 1.29 is 4.92 Å². The summed E-state index contributed by atoms with van der Waals surface area (Å²) in [5.41, 5.74) is 3.70. The summed E-state index contributed by atoms with van der Waals surface area (Å²) in [6, 6.07) is 15.7. The maximum Gasteiger partial charge on any atom is 0.292 e. The van der Waals surface area contributed by atoms with Gasteiger partial charge in [0.25, 0.3) is 5.69 Å². The summed E-state index contributed by atoms with van der Waals surface area (Å²) >= 11 is 11.1. The Morgan fingerprint density at radius 1 is 1.17 bits per heavy atom. The number of nitro groups is 1. The zero-order chi connectivity index (χ0) is 17.4. The maximum atomic E-state index is 10.9. The quantitative estimate of drug-likeness (QED) is 0.362. The first kappa shape index (κ1) is 17.6. The second-order valence-corrected chi connectivity index (χ2v) is 5.38. The van der Waals surface area contributed by atoms with Gasteiger partial charge < -0.3 is 5.32 Å². The molecule has 6 nitrogen and oxygen atoms in total. The standard InChI is InChI=1S/C16H13ClN4O2S/c17-13(10-12-6-2-1-3-7-12)11-18-20-16(24)19-14-8-4-5-9-15(14)21(22)23/h1-11H,(H2,19,20,24)/b13-10-,18-11+. The minimum Gasteiger partial charge on any atom is -0.326 e. The van der Waals surface area contributed by atoms with E-state index in [-0.39, 0.29) is 16.5 Å². The summed E-state index contributed by atoms with van der Waals surface area (Å²) in [6.07, 6.45) is 3.13. The highest BCUT2D eigenvalue weighted by Gasteiger charge is 2.12. The number of nitrogens with zero attached hydrogens (tertiary/aromatic N) is 2. The van der Waals surface area contributed by atoms with E-state index in [2.05, 4.69) is 15.8 Å². The fraction of sp³-hybridized carbons (Fsp3) is 0. The first-order valence-electron chi connectivity index (χ1n) is 6.82. The van der Waals surface area contributed by atoms with E-state index in [4.69, 9.17) is 23.8 Å². The number of para-hydroxylation sites is 2. The normalized spacial score (nSPS) is 11.3. The molecule has 0 saturated carbocycles. The molecule has 0 aliphatic heterocycles. The monoisotopic (exact) mass is 360 g/mol. The van der Waals surface area contributed by atoms with Gasteiger partial charge in [0.05, 0.1) is 16.2 Å². The average Bonchev–Trinajstić information content (AvgIpc) is 2.56. The van der Waals surface area contributed by atoms with Crippen LogP contribution < -0.4 is 10.7 Å². The van der Waals surface area contributed by atoms with Gasteiger partial charge in [0, 0.05) is 6.07 Å². The molecule has 0 heterocycles. The third kappa shape index (κ3) is 5.45. The molecule has 0 amide bonds. The average molecular weight is 361 g/mol. The van der Waals surface area contributed by atoms with E-state index in [1.807, 2.05) is 30.3 Å². The number of hydrogen-bond acceptors (Lipinski definition) is 4. The predicted octanol–water partition coefficient (Wildman–Crippen LogP) is 4.15. The van der Waals surface area contributed by atoms with Crippen LogP contribution in [0.25, 0.3) is 6.08 Å². The summed E-state index contributed by atoms with van der Waals surface area (Å²) in [7, 11) is 0. The van der Waals surface area contributed by atoms with Gasteiger partial charge in [0.2, 0.25) is 0 Å². The second-order valence-electron chi connectivity index (χ2n) is 4.54.